The van der Waals surface area contributed by atoms with Gasteiger partial charge in [0.2, 0.25) is 0 Å². The van der Waals surface area contributed by atoms with Gasteiger partial charge >= 0.3 is 0 Å². The SMILES string of the molecule is CCCCCCC1OCCN1C(=S)Nc1cccc(Cl)c1. The molecule has 0 aliphatic carbocycles. The van der Waals surface area contributed by atoms with Gasteiger partial charge in [0.1, 0.15) is 6.23 Å². The molecule has 21 heavy (non-hydrogen) atoms. The molecular formula is C16H23ClN2OS. The highest BCUT2D eigenvalue weighted by atomic mass is 35.5. The van der Waals surface area contributed by atoms with Crippen LogP contribution in [0.1, 0.15) is 39.0 Å². The monoisotopic (exact) mass is 326 g/mol. The van der Waals surface area contributed by atoms with E-state index in [1.54, 1.807) is 0 Å². The highest BCUT2D eigenvalue weighted by molar-refractivity contribution is 7.80. The van der Waals surface area contributed by atoms with E-state index in [0.29, 0.717) is 5.02 Å². The van der Waals surface area contributed by atoms with Crippen LogP contribution in [0.3, 0.4) is 0 Å². The maximum atomic E-state index is 5.99. The maximum Gasteiger partial charge on any atom is 0.175 e. The van der Waals surface area contributed by atoms with Crippen LogP contribution >= 0.6 is 23.8 Å². The van der Waals surface area contributed by atoms with Gasteiger partial charge in [0.25, 0.3) is 0 Å². The van der Waals surface area contributed by atoms with E-state index >= 15 is 0 Å². The summed E-state index contributed by atoms with van der Waals surface area (Å²) in [5.74, 6) is 0. The second-order valence-electron chi connectivity index (χ2n) is 5.31. The van der Waals surface area contributed by atoms with Crippen LogP contribution in [0.4, 0.5) is 5.69 Å². The zero-order valence-corrected chi connectivity index (χ0v) is 14.1. The van der Waals surface area contributed by atoms with E-state index < -0.39 is 0 Å². The Balaban J connectivity index is 1.85. The summed E-state index contributed by atoms with van der Waals surface area (Å²) >= 11 is 11.5. The number of rotatable bonds is 6. The van der Waals surface area contributed by atoms with E-state index in [4.69, 9.17) is 28.6 Å². The summed E-state index contributed by atoms with van der Waals surface area (Å²) in [6.45, 7) is 3.82. The first kappa shape index (κ1) is 16.5. The number of benzene rings is 1. The molecule has 0 bridgehead atoms. The van der Waals surface area contributed by atoms with Crippen LogP contribution in [-0.2, 0) is 4.74 Å². The molecule has 1 aliphatic heterocycles. The van der Waals surface area contributed by atoms with Gasteiger partial charge in [-0.25, -0.2) is 0 Å². The summed E-state index contributed by atoms with van der Waals surface area (Å²) < 4.78 is 5.80. The Hall–Kier alpha value is -0.840. The van der Waals surface area contributed by atoms with Gasteiger partial charge in [-0.05, 0) is 43.3 Å². The smallest absolute Gasteiger partial charge is 0.175 e. The number of nitrogens with zero attached hydrogens (tertiary/aromatic N) is 1. The Kier molecular flexibility index (Phi) is 6.74. The molecule has 0 saturated carbocycles. The van der Waals surface area contributed by atoms with Gasteiger partial charge in [-0.1, -0.05) is 43.9 Å². The van der Waals surface area contributed by atoms with Gasteiger partial charge in [-0.3, -0.25) is 0 Å². The van der Waals surface area contributed by atoms with Crippen molar-refractivity contribution < 1.29 is 4.74 Å². The molecule has 1 unspecified atom stereocenters. The standard InChI is InChI=1S/C16H23ClN2OS/c1-2-3-4-5-9-15-19(10-11-20-15)16(21)18-14-8-6-7-13(17)12-14/h6-8,12,15H,2-5,9-11H2,1H3,(H,18,21). The molecular weight excluding hydrogens is 304 g/mol. The molecule has 1 heterocycles. The topological polar surface area (TPSA) is 24.5 Å². The summed E-state index contributed by atoms with van der Waals surface area (Å²) in [4.78, 5) is 2.14. The molecule has 1 atom stereocenters. The number of nitrogens with one attached hydrogen (secondary N) is 1. The fraction of sp³-hybridized carbons (Fsp3) is 0.562. The first-order valence-electron chi connectivity index (χ1n) is 7.65. The van der Waals surface area contributed by atoms with Gasteiger partial charge in [-0.15, -0.1) is 0 Å². The summed E-state index contributed by atoms with van der Waals surface area (Å²) in [6, 6.07) is 7.60. The summed E-state index contributed by atoms with van der Waals surface area (Å²) in [7, 11) is 0. The Morgan fingerprint density at radius 1 is 1.43 bits per heavy atom. The summed E-state index contributed by atoms with van der Waals surface area (Å²) in [5.41, 5.74) is 0.920. The highest BCUT2D eigenvalue weighted by Crippen LogP contribution is 2.20. The van der Waals surface area contributed by atoms with E-state index in [9.17, 15) is 0 Å². The molecule has 1 fully saturated rings. The lowest BCUT2D eigenvalue weighted by Gasteiger charge is -2.26. The minimum atomic E-state index is 0.112. The molecule has 2 rings (SSSR count). The molecule has 1 aromatic carbocycles. The predicted molar refractivity (Wildman–Crippen MR) is 92.9 cm³/mol. The van der Waals surface area contributed by atoms with Crippen LogP contribution < -0.4 is 5.32 Å². The van der Waals surface area contributed by atoms with Crippen LogP contribution in [-0.4, -0.2) is 29.4 Å². The number of hydrogen-bond donors (Lipinski definition) is 1. The number of hydrogen-bond acceptors (Lipinski definition) is 2. The highest BCUT2D eigenvalue weighted by Gasteiger charge is 2.26. The average molecular weight is 327 g/mol. The molecule has 0 spiro atoms. The molecule has 0 amide bonds. The third-order valence-corrected chi connectivity index (χ3v) is 4.20. The summed E-state index contributed by atoms with van der Waals surface area (Å²) in [6.07, 6.45) is 6.15. The molecule has 1 N–H and O–H groups in total. The van der Waals surface area contributed by atoms with Crippen molar-refractivity contribution in [1.29, 1.82) is 0 Å². The Morgan fingerprint density at radius 3 is 3.05 bits per heavy atom. The molecule has 1 saturated heterocycles. The zero-order chi connectivity index (χ0) is 15.1. The van der Waals surface area contributed by atoms with Gasteiger partial charge in [0.05, 0.1) is 6.61 Å². The minimum absolute atomic E-state index is 0.112. The molecule has 1 aliphatic rings. The minimum Gasteiger partial charge on any atom is -0.356 e. The lowest BCUT2D eigenvalue weighted by molar-refractivity contribution is 0.0552. The van der Waals surface area contributed by atoms with Crippen molar-refractivity contribution in [2.45, 2.75) is 45.3 Å². The van der Waals surface area contributed by atoms with Gasteiger partial charge in [-0.2, -0.15) is 0 Å². The lowest BCUT2D eigenvalue weighted by Crippen LogP contribution is -2.39. The third kappa shape index (κ3) is 5.13. The van der Waals surface area contributed by atoms with Crippen LogP contribution in [0.2, 0.25) is 5.02 Å². The van der Waals surface area contributed by atoms with Crippen LogP contribution in [0.15, 0.2) is 24.3 Å². The van der Waals surface area contributed by atoms with Gasteiger partial charge in [0.15, 0.2) is 5.11 Å². The predicted octanol–water partition coefficient (Wildman–Crippen LogP) is 4.67. The molecule has 116 valence electrons. The number of halogens is 1. The van der Waals surface area contributed by atoms with E-state index in [1.807, 2.05) is 24.3 Å². The van der Waals surface area contributed by atoms with Gasteiger partial charge in [0, 0.05) is 17.3 Å². The van der Waals surface area contributed by atoms with Crippen LogP contribution in [0.5, 0.6) is 0 Å². The Morgan fingerprint density at radius 2 is 2.29 bits per heavy atom. The molecule has 1 aromatic rings. The quantitative estimate of drug-likeness (QED) is 0.606. The van der Waals surface area contributed by atoms with E-state index in [-0.39, 0.29) is 6.23 Å². The van der Waals surface area contributed by atoms with Crippen molar-refractivity contribution in [1.82, 2.24) is 4.90 Å². The van der Waals surface area contributed by atoms with Crippen molar-refractivity contribution >= 4 is 34.6 Å². The fourth-order valence-electron chi connectivity index (χ4n) is 2.50. The lowest BCUT2D eigenvalue weighted by atomic mass is 10.1. The van der Waals surface area contributed by atoms with E-state index in [1.165, 1.54) is 25.7 Å². The van der Waals surface area contributed by atoms with Crippen molar-refractivity contribution in [3.8, 4) is 0 Å². The second-order valence-corrected chi connectivity index (χ2v) is 6.13. The van der Waals surface area contributed by atoms with Crippen molar-refractivity contribution in [3.63, 3.8) is 0 Å². The molecule has 3 nitrogen and oxygen atoms in total. The number of unbranched alkanes of at least 4 members (excludes halogenated alkanes) is 3. The van der Waals surface area contributed by atoms with Crippen molar-refractivity contribution in [2.75, 3.05) is 18.5 Å². The molecule has 5 heteroatoms. The van der Waals surface area contributed by atoms with Gasteiger partial charge < -0.3 is 15.0 Å². The fourth-order valence-corrected chi connectivity index (χ4v) is 3.02. The Labute approximate surface area is 137 Å². The first-order chi connectivity index (χ1) is 10.2. The number of thiocarbonyl (C=S) groups is 1. The maximum absolute atomic E-state index is 5.99. The largest absolute Gasteiger partial charge is 0.356 e. The number of anilines is 1. The van der Waals surface area contributed by atoms with Crippen LogP contribution in [0, 0.1) is 0 Å². The summed E-state index contributed by atoms with van der Waals surface area (Å²) in [5, 5.41) is 4.67. The first-order valence-corrected chi connectivity index (χ1v) is 8.44. The second kappa shape index (κ2) is 8.57. The normalized spacial score (nSPS) is 18.0. The van der Waals surface area contributed by atoms with E-state index in [0.717, 1.165) is 30.4 Å². The molecule has 0 aromatic heterocycles. The van der Waals surface area contributed by atoms with Crippen molar-refractivity contribution in [3.05, 3.63) is 29.3 Å². The third-order valence-electron chi connectivity index (χ3n) is 3.63. The van der Waals surface area contributed by atoms with Crippen molar-refractivity contribution in [2.24, 2.45) is 0 Å². The average Bonchev–Trinajstić information content (AvgIpc) is 2.92. The van der Waals surface area contributed by atoms with Crippen LogP contribution in [0.25, 0.3) is 0 Å². The zero-order valence-electron chi connectivity index (χ0n) is 12.5. The number of ether oxygens (including phenoxy) is 1. The van der Waals surface area contributed by atoms with E-state index in [2.05, 4.69) is 17.1 Å². The molecule has 0 radical (unpaired) electrons. The Bertz CT molecular complexity index is 469.